The summed E-state index contributed by atoms with van der Waals surface area (Å²) in [5, 5.41) is 30.8. The highest BCUT2D eigenvalue weighted by Gasteiger charge is 2.40. The standard InChI is InChI=1S/C59H44N4/c1-34-40-17-11-13-21-50(40)62(52(34)30-44-35(2)58(3,4)47-25-23-36-15-7-9-18-41(36)56(44)47)53-27-39(33-61)54(28-38(53)32-60)63-51-22-14-12-20-43(51)45-29-49-46(31-55(45)63)57-42-19-10-8-16-37(42)24-26-48(57)59(49,5)6/h7-27,29-31,38H,2,28H2,1,3-6H3/b44-30+. The first kappa shape index (κ1) is 37.1. The summed E-state index contributed by atoms with van der Waals surface area (Å²) in [6.45, 7) is 16.1. The van der Waals surface area contributed by atoms with Crippen LogP contribution in [-0.4, -0.2) is 9.13 Å². The molecule has 0 radical (unpaired) electrons. The maximum Gasteiger partial charge on any atom is 0.101 e. The fourth-order valence-electron chi connectivity index (χ4n) is 11.5. The van der Waals surface area contributed by atoms with Gasteiger partial charge in [-0.15, -0.1) is 0 Å². The molecule has 0 amide bonds. The van der Waals surface area contributed by atoms with Crippen LogP contribution in [0.5, 0.6) is 0 Å². The molecule has 0 saturated heterocycles. The number of nitriles is 2. The minimum Gasteiger partial charge on any atom is -0.312 e. The number of hydrogen-bond donors (Lipinski definition) is 0. The Morgan fingerprint density at radius 2 is 1.21 bits per heavy atom. The van der Waals surface area contributed by atoms with Gasteiger partial charge in [0.2, 0.25) is 0 Å². The average Bonchev–Trinajstić information content (AvgIpc) is 3.92. The fourth-order valence-corrected chi connectivity index (χ4v) is 11.5. The normalized spacial score (nSPS) is 18.0. The molecule has 0 spiro atoms. The van der Waals surface area contributed by atoms with E-state index in [0.29, 0.717) is 12.0 Å². The number of rotatable bonds is 3. The minimum atomic E-state index is -0.546. The van der Waals surface area contributed by atoms with E-state index < -0.39 is 5.92 Å². The molecule has 3 aliphatic rings. The van der Waals surface area contributed by atoms with Crippen LogP contribution in [0.3, 0.4) is 0 Å². The quantitative estimate of drug-likeness (QED) is 0.178. The molecule has 4 nitrogen and oxygen atoms in total. The molecule has 0 N–H and O–H groups in total. The monoisotopic (exact) mass is 808 g/mol. The summed E-state index contributed by atoms with van der Waals surface area (Å²) in [6, 6.07) is 53.4. The largest absolute Gasteiger partial charge is 0.312 e. The van der Waals surface area contributed by atoms with Gasteiger partial charge in [0, 0.05) is 44.8 Å². The maximum atomic E-state index is 11.3. The third-order valence-corrected chi connectivity index (χ3v) is 14.9. The summed E-state index contributed by atoms with van der Waals surface area (Å²) >= 11 is 0. The Labute approximate surface area is 367 Å². The highest BCUT2D eigenvalue weighted by atomic mass is 15.0. The molecule has 2 heterocycles. The predicted octanol–water partition coefficient (Wildman–Crippen LogP) is 14.9. The van der Waals surface area contributed by atoms with Crippen molar-refractivity contribution in [3.63, 3.8) is 0 Å². The Hall–Kier alpha value is -7.66. The van der Waals surface area contributed by atoms with E-state index in [-0.39, 0.29) is 10.8 Å². The van der Waals surface area contributed by atoms with Crippen LogP contribution >= 0.6 is 0 Å². The van der Waals surface area contributed by atoms with Gasteiger partial charge in [0.1, 0.15) is 6.07 Å². The number of hydrogen-bond acceptors (Lipinski definition) is 2. The highest BCUT2D eigenvalue weighted by molar-refractivity contribution is 6.14. The van der Waals surface area contributed by atoms with Crippen LogP contribution in [0.1, 0.15) is 67.6 Å². The number of aryl methyl sites for hydroxylation is 1. The molecule has 1 unspecified atom stereocenters. The van der Waals surface area contributed by atoms with E-state index in [1.54, 1.807) is 0 Å². The van der Waals surface area contributed by atoms with Crippen LogP contribution in [0, 0.1) is 35.5 Å². The summed E-state index contributed by atoms with van der Waals surface area (Å²) in [5.74, 6) is -0.546. The molecule has 300 valence electrons. The van der Waals surface area contributed by atoms with E-state index in [9.17, 15) is 10.5 Å². The molecule has 12 rings (SSSR count). The molecule has 1 atom stereocenters. The first-order valence-electron chi connectivity index (χ1n) is 21.9. The Kier molecular flexibility index (Phi) is 7.62. The van der Waals surface area contributed by atoms with Gasteiger partial charge in [-0.2, -0.15) is 10.5 Å². The van der Waals surface area contributed by atoms with Gasteiger partial charge in [0.05, 0.1) is 39.8 Å². The van der Waals surface area contributed by atoms with Gasteiger partial charge in [-0.05, 0) is 115 Å². The molecule has 63 heavy (non-hydrogen) atoms. The molecule has 9 aromatic rings. The maximum absolute atomic E-state index is 11.3. The van der Waals surface area contributed by atoms with Gasteiger partial charge in [-0.3, -0.25) is 0 Å². The van der Waals surface area contributed by atoms with Gasteiger partial charge >= 0.3 is 0 Å². The van der Waals surface area contributed by atoms with Crippen molar-refractivity contribution in [2.24, 2.45) is 5.92 Å². The average molecular weight is 809 g/mol. The SMILES string of the molecule is C=C1/C(=C\c2c(C)c3ccccc3n2C2=CC(C#N)=C(n3c4ccccc4c4cc5c(cc43)-c3c(ccc4ccccc34)C5(C)C)CC2C#N)c2c(ccc3ccccc23)C1(C)C. The van der Waals surface area contributed by atoms with E-state index >= 15 is 0 Å². The number of benzene rings is 7. The summed E-state index contributed by atoms with van der Waals surface area (Å²) in [6.07, 6.45) is 4.67. The Morgan fingerprint density at radius 3 is 1.87 bits per heavy atom. The predicted molar refractivity (Wildman–Crippen MR) is 262 cm³/mol. The fraction of sp³-hybridized carbons (Fsp3) is 0.153. The van der Waals surface area contributed by atoms with Crippen LogP contribution in [0.4, 0.5) is 0 Å². The zero-order chi connectivity index (χ0) is 43.1. The molecule has 0 saturated carbocycles. The second kappa shape index (κ2) is 12.9. The van der Waals surface area contributed by atoms with Crippen molar-refractivity contribution in [2.75, 3.05) is 0 Å². The van der Waals surface area contributed by atoms with Crippen molar-refractivity contribution < 1.29 is 0 Å². The van der Waals surface area contributed by atoms with E-state index in [4.69, 9.17) is 6.58 Å². The summed E-state index contributed by atoms with van der Waals surface area (Å²) in [7, 11) is 0. The van der Waals surface area contributed by atoms with Crippen molar-refractivity contribution in [3.8, 4) is 23.3 Å². The molecule has 3 aliphatic carbocycles. The van der Waals surface area contributed by atoms with Crippen LogP contribution < -0.4 is 0 Å². The van der Waals surface area contributed by atoms with Gasteiger partial charge in [0.25, 0.3) is 0 Å². The van der Waals surface area contributed by atoms with Crippen LogP contribution in [0.25, 0.3) is 88.4 Å². The first-order chi connectivity index (χ1) is 30.5. The van der Waals surface area contributed by atoms with Crippen molar-refractivity contribution in [1.82, 2.24) is 9.13 Å². The van der Waals surface area contributed by atoms with Gasteiger partial charge in [-0.25, -0.2) is 0 Å². The smallest absolute Gasteiger partial charge is 0.101 e. The lowest BCUT2D eigenvalue weighted by atomic mass is 9.81. The summed E-state index contributed by atoms with van der Waals surface area (Å²) in [4.78, 5) is 0. The number of para-hydroxylation sites is 2. The Morgan fingerprint density at radius 1 is 0.619 bits per heavy atom. The van der Waals surface area contributed by atoms with Gasteiger partial charge in [0.15, 0.2) is 0 Å². The molecule has 4 heteroatoms. The summed E-state index contributed by atoms with van der Waals surface area (Å²) in [5.41, 5.74) is 16.7. The number of aromatic nitrogens is 2. The second-order valence-corrected chi connectivity index (χ2v) is 18.8. The lowest BCUT2D eigenvalue weighted by molar-refractivity contribution is 0.661. The number of fused-ring (bicyclic) bond motifs is 12. The van der Waals surface area contributed by atoms with Crippen LogP contribution in [-0.2, 0) is 10.8 Å². The van der Waals surface area contributed by atoms with Crippen LogP contribution in [0.15, 0.2) is 157 Å². The summed E-state index contributed by atoms with van der Waals surface area (Å²) < 4.78 is 4.54. The zero-order valence-corrected chi connectivity index (χ0v) is 36.1. The zero-order valence-electron chi connectivity index (χ0n) is 36.1. The number of allylic oxidation sites excluding steroid dienone is 6. The van der Waals surface area contributed by atoms with Gasteiger partial charge < -0.3 is 9.13 Å². The molecular weight excluding hydrogens is 765 g/mol. The molecule has 0 fully saturated rings. The number of nitrogens with zero attached hydrogens (tertiary/aromatic N) is 4. The lowest BCUT2D eigenvalue weighted by Gasteiger charge is -2.26. The van der Waals surface area contributed by atoms with Crippen LogP contribution in [0.2, 0.25) is 0 Å². The van der Waals surface area contributed by atoms with E-state index in [1.165, 1.54) is 54.9 Å². The lowest BCUT2D eigenvalue weighted by Crippen LogP contribution is -2.17. The second-order valence-electron chi connectivity index (χ2n) is 18.8. The topological polar surface area (TPSA) is 57.4 Å². The van der Waals surface area contributed by atoms with Crippen molar-refractivity contribution in [3.05, 3.63) is 191 Å². The van der Waals surface area contributed by atoms with Crippen molar-refractivity contribution in [1.29, 1.82) is 10.5 Å². The van der Waals surface area contributed by atoms with E-state index in [0.717, 1.165) is 66.5 Å². The van der Waals surface area contributed by atoms with E-state index in [1.807, 2.05) is 6.08 Å². The Bertz CT molecular complexity index is 3760. The molecular formula is C59H44N4. The first-order valence-corrected chi connectivity index (χ1v) is 21.9. The molecule has 0 bridgehead atoms. The van der Waals surface area contributed by atoms with Gasteiger partial charge in [-0.1, -0.05) is 143 Å². The van der Waals surface area contributed by atoms with Crippen molar-refractivity contribution in [2.45, 2.75) is 51.9 Å². The Balaban J connectivity index is 1.11. The van der Waals surface area contributed by atoms with Crippen molar-refractivity contribution >= 4 is 77.3 Å². The van der Waals surface area contributed by atoms with E-state index in [2.05, 4.69) is 195 Å². The third-order valence-electron chi connectivity index (χ3n) is 14.9. The molecule has 2 aromatic heterocycles. The third kappa shape index (κ3) is 4.90. The molecule has 7 aromatic carbocycles. The highest BCUT2D eigenvalue weighted by Crippen LogP contribution is 2.55. The minimum absolute atomic E-state index is 0.196. The molecule has 0 aliphatic heterocycles.